The highest BCUT2D eigenvalue weighted by Crippen LogP contribution is 2.27. The molecule has 2 fully saturated rings. The minimum absolute atomic E-state index is 0.0840. The first-order chi connectivity index (χ1) is 10.7. The van der Waals surface area contributed by atoms with Gasteiger partial charge in [-0.25, -0.2) is 0 Å². The molecule has 0 bridgehead atoms. The quantitative estimate of drug-likeness (QED) is 0.879. The molecule has 0 aromatic carbocycles. The van der Waals surface area contributed by atoms with E-state index in [9.17, 15) is 9.59 Å². The zero-order chi connectivity index (χ0) is 15.4. The van der Waals surface area contributed by atoms with Gasteiger partial charge in [0.05, 0.1) is 4.88 Å². The summed E-state index contributed by atoms with van der Waals surface area (Å²) in [6.45, 7) is 4.34. The van der Waals surface area contributed by atoms with Crippen molar-refractivity contribution < 1.29 is 9.59 Å². The second-order valence-electron chi connectivity index (χ2n) is 6.12. The molecule has 0 unspecified atom stereocenters. The molecule has 3 heterocycles. The van der Waals surface area contributed by atoms with Crippen molar-refractivity contribution in [1.29, 1.82) is 0 Å². The van der Waals surface area contributed by atoms with Crippen LogP contribution in [0.4, 0.5) is 0 Å². The molecule has 3 rings (SSSR count). The number of amides is 2. The summed E-state index contributed by atoms with van der Waals surface area (Å²) in [6, 6.07) is 3.65. The van der Waals surface area contributed by atoms with Gasteiger partial charge in [0.15, 0.2) is 0 Å². The van der Waals surface area contributed by atoms with E-state index in [1.54, 1.807) is 6.07 Å². The van der Waals surface area contributed by atoms with Crippen LogP contribution in [0.25, 0.3) is 0 Å². The van der Waals surface area contributed by atoms with Crippen molar-refractivity contribution in [1.82, 2.24) is 15.5 Å². The van der Waals surface area contributed by atoms with Gasteiger partial charge in [-0.1, -0.05) is 6.07 Å². The van der Waals surface area contributed by atoms with Crippen molar-refractivity contribution in [2.45, 2.75) is 19.3 Å². The lowest BCUT2D eigenvalue weighted by molar-refractivity contribution is -0.131. The highest BCUT2D eigenvalue weighted by atomic mass is 32.1. The molecule has 2 aliphatic rings. The summed E-state index contributed by atoms with van der Waals surface area (Å²) in [5.41, 5.74) is 0. The largest absolute Gasteiger partial charge is 0.351 e. The predicted octanol–water partition coefficient (Wildman–Crippen LogP) is 1.33. The van der Waals surface area contributed by atoms with Crippen LogP contribution in [0.3, 0.4) is 0 Å². The third kappa shape index (κ3) is 3.67. The Morgan fingerprint density at radius 3 is 2.64 bits per heavy atom. The predicted molar refractivity (Wildman–Crippen MR) is 86.9 cm³/mol. The van der Waals surface area contributed by atoms with Gasteiger partial charge in [0.1, 0.15) is 0 Å². The lowest BCUT2D eigenvalue weighted by Crippen LogP contribution is -2.35. The summed E-state index contributed by atoms with van der Waals surface area (Å²) in [5.74, 6) is 1.55. The highest BCUT2D eigenvalue weighted by Gasteiger charge is 2.31. The van der Waals surface area contributed by atoms with Crippen LogP contribution in [0.1, 0.15) is 28.9 Å². The van der Waals surface area contributed by atoms with E-state index < -0.39 is 0 Å². The summed E-state index contributed by atoms with van der Waals surface area (Å²) in [4.78, 5) is 26.8. The van der Waals surface area contributed by atoms with Crippen LogP contribution >= 0.6 is 11.3 Å². The molecule has 5 nitrogen and oxygen atoms in total. The Hall–Kier alpha value is -1.40. The standard InChI is InChI=1S/C16H23N3O2S/c20-15(3-6-18-16(21)14-2-1-9-22-14)19-7-4-12-10-17-11-13(12)5-8-19/h1-2,9,12-13,17H,3-8,10-11H2,(H,18,21)/t12-,13+. The summed E-state index contributed by atoms with van der Waals surface area (Å²) in [7, 11) is 0. The SMILES string of the molecule is O=C(NCCC(=O)N1CC[C@@H]2CNC[C@@H]2CC1)c1cccs1. The average Bonchev–Trinajstić information content (AvgIpc) is 3.16. The molecule has 0 radical (unpaired) electrons. The summed E-state index contributed by atoms with van der Waals surface area (Å²) in [6.07, 6.45) is 2.60. The number of thiophene rings is 1. The molecule has 2 aliphatic heterocycles. The molecular weight excluding hydrogens is 298 g/mol. The van der Waals surface area contributed by atoms with Crippen LogP contribution in [0.2, 0.25) is 0 Å². The lowest BCUT2D eigenvalue weighted by atomic mass is 9.92. The first-order valence-corrected chi connectivity index (χ1v) is 8.92. The number of hydrogen-bond donors (Lipinski definition) is 2. The second kappa shape index (κ2) is 7.24. The number of nitrogens with zero attached hydrogens (tertiary/aromatic N) is 1. The fourth-order valence-corrected chi connectivity index (χ4v) is 4.04. The van der Waals surface area contributed by atoms with Crippen molar-refractivity contribution in [3.8, 4) is 0 Å². The molecule has 0 spiro atoms. The van der Waals surface area contributed by atoms with Gasteiger partial charge in [-0.05, 0) is 49.2 Å². The number of nitrogens with one attached hydrogen (secondary N) is 2. The molecule has 6 heteroatoms. The van der Waals surface area contributed by atoms with Crippen LogP contribution < -0.4 is 10.6 Å². The van der Waals surface area contributed by atoms with Crippen LogP contribution in [0.5, 0.6) is 0 Å². The molecule has 1 aromatic rings. The molecule has 0 saturated carbocycles. The Morgan fingerprint density at radius 2 is 2.00 bits per heavy atom. The van der Waals surface area contributed by atoms with E-state index in [2.05, 4.69) is 10.6 Å². The van der Waals surface area contributed by atoms with Gasteiger partial charge >= 0.3 is 0 Å². The van der Waals surface area contributed by atoms with Crippen LogP contribution in [0.15, 0.2) is 17.5 Å². The van der Waals surface area contributed by atoms with Gasteiger partial charge in [-0.2, -0.15) is 0 Å². The first kappa shape index (κ1) is 15.5. The first-order valence-electron chi connectivity index (χ1n) is 8.04. The zero-order valence-electron chi connectivity index (χ0n) is 12.7. The van der Waals surface area contributed by atoms with E-state index in [0.29, 0.717) is 17.8 Å². The topological polar surface area (TPSA) is 61.4 Å². The van der Waals surface area contributed by atoms with Crippen LogP contribution in [0, 0.1) is 11.8 Å². The molecule has 2 saturated heterocycles. The fraction of sp³-hybridized carbons (Fsp3) is 0.625. The number of carbonyl (C=O) groups excluding carboxylic acids is 2. The maximum atomic E-state index is 12.3. The Bertz CT molecular complexity index is 503. The summed E-state index contributed by atoms with van der Waals surface area (Å²) in [5, 5.41) is 8.15. The van der Waals surface area contributed by atoms with Gasteiger partial charge in [0, 0.05) is 26.1 Å². The fourth-order valence-electron chi connectivity index (χ4n) is 3.40. The number of rotatable bonds is 4. The molecule has 0 aliphatic carbocycles. The molecule has 22 heavy (non-hydrogen) atoms. The van der Waals surface area contributed by atoms with E-state index in [-0.39, 0.29) is 11.8 Å². The van der Waals surface area contributed by atoms with Crippen molar-refractivity contribution in [2.75, 3.05) is 32.7 Å². The van der Waals surface area contributed by atoms with Gasteiger partial charge in [0.2, 0.25) is 5.91 Å². The van der Waals surface area contributed by atoms with Crippen molar-refractivity contribution in [3.63, 3.8) is 0 Å². The smallest absolute Gasteiger partial charge is 0.261 e. The number of hydrogen-bond acceptors (Lipinski definition) is 4. The molecule has 2 atom stereocenters. The Morgan fingerprint density at radius 1 is 1.27 bits per heavy atom. The molecule has 120 valence electrons. The number of likely N-dealkylation sites (tertiary alicyclic amines) is 1. The van der Waals surface area contributed by atoms with Gasteiger partial charge < -0.3 is 15.5 Å². The van der Waals surface area contributed by atoms with Gasteiger partial charge in [-0.15, -0.1) is 11.3 Å². The van der Waals surface area contributed by atoms with E-state index >= 15 is 0 Å². The zero-order valence-corrected chi connectivity index (χ0v) is 13.5. The molecule has 2 N–H and O–H groups in total. The Balaban J connectivity index is 1.41. The minimum atomic E-state index is -0.0840. The van der Waals surface area contributed by atoms with Crippen molar-refractivity contribution >= 4 is 23.2 Å². The maximum Gasteiger partial charge on any atom is 0.261 e. The highest BCUT2D eigenvalue weighted by molar-refractivity contribution is 7.12. The van der Waals surface area contributed by atoms with Gasteiger partial charge in [0.25, 0.3) is 5.91 Å². The number of carbonyl (C=O) groups is 2. The lowest BCUT2D eigenvalue weighted by Gasteiger charge is -2.21. The van der Waals surface area contributed by atoms with E-state index in [0.717, 1.165) is 50.9 Å². The number of fused-ring (bicyclic) bond motifs is 1. The summed E-state index contributed by atoms with van der Waals surface area (Å²) >= 11 is 1.42. The molecule has 2 amide bonds. The maximum absolute atomic E-state index is 12.3. The van der Waals surface area contributed by atoms with Crippen LogP contribution in [-0.2, 0) is 4.79 Å². The third-order valence-electron chi connectivity index (χ3n) is 4.74. The monoisotopic (exact) mass is 321 g/mol. The molecule has 1 aromatic heterocycles. The Kier molecular flexibility index (Phi) is 5.10. The van der Waals surface area contributed by atoms with Crippen molar-refractivity contribution in [2.24, 2.45) is 11.8 Å². The van der Waals surface area contributed by atoms with Crippen LogP contribution in [-0.4, -0.2) is 49.4 Å². The van der Waals surface area contributed by atoms with Crippen molar-refractivity contribution in [3.05, 3.63) is 22.4 Å². The van der Waals surface area contributed by atoms with E-state index in [1.165, 1.54) is 11.3 Å². The summed E-state index contributed by atoms with van der Waals surface area (Å²) < 4.78 is 0. The van der Waals surface area contributed by atoms with E-state index in [1.807, 2.05) is 16.3 Å². The van der Waals surface area contributed by atoms with Gasteiger partial charge in [-0.3, -0.25) is 9.59 Å². The third-order valence-corrected chi connectivity index (χ3v) is 5.61. The normalized spacial score (nSPS) is 24.6. The average molecular weight is 321 g/mol. The minimum Gasteiger partial charge on any atom is -0.351 e. The Labute approximate surface area is 135 Å². The second-order valence-corrected chi connectivity index (χ2v) is 7.07. The molecular formula is C16H23N3O2S. The van der Waals surface area contributed by atoms with E-state index in [4.69, 9.17) is 0 Å².